The van der Waals surface area contributed by atoms with Gasteiger partial charge >= 0.3 is 6.03 Å². The van der Waals surface area contributed by atoms with Crippen LogP contribution in [-0.4, -0.2) is 51.3 Å². The number of nitrogens with one attached hydrogen (secondary N) is 3. The second-order valence-corrected chi connectivity index (χ2v) is 10.5. The summed E-state index contributed by atoms with van der Waals surface area (Å²) in [7, 11) is 0. The molecule has 1 fully saturated rings. The second-order valence-electron chi connectivity index (χ2n) is 8.99. The highest BCUT2D eigenvalue weighted by atomic mass is 35.5. The van der Waals surface area contributed by atoms with Crippen LogP contribution < -0.4 is 16.0 Å². The number of benzene rings is 2. The van der Waals surface area contributed by atoms with Gasteiger partial charge < -0.3 is 15.5 Å². The van der Waals surface area contributed by atoms with E-state index in [1.54, 1.807) is 55.6 Å². The fourth-order valence-corrected chi connectivity index (χ4v) is 5.22. The van der Waals surface area contributed by atoms with Crippen molar-refractivity contribution in [3.05, 3.63) is 71.4 Å². The third kappa shape index (κ3) is 5.11. The minimum atomic E-state index is -0.898. The maximum absolute atomic E-state index is 12.6. The van der Waals surface area contributed by atoms with Gasteiger partial charge in [0.25, 0.3) is 11.8 Å². The number of halogens is 1. The molecular formula is C26H23ClN6O3S. The molecule has 0 spiro atoms. The van der Waals surface area contributed by atoms with E-state index in [9.17, 15) is 14.4 Å². The molecule has 9 nitrogen and oxygen atoms in total. The minimum absolute atomic E-state index is 0.233. The Kier molecular flexibility index (Phi) is 6.53. The number of amides is 4. The van der Waals surface area contributed by atoms with Crippen LogP contribution in [0.15, 0.2) is 60.8 Å². The summed E-state index contributed by atoms with van der Waals surface area (Å²) in [5.41, 5.74) is 1.02. The highest BCUT2D eigenvalue weighted by molar-refractivity contribution is 7.22. The number of anilines is 2. The first-order chi connectivity index (χ1) is 17.7. The van der Waals surface area contributed by atoms with E-state index in [4.69, 9.17) is 11.6 Å². The predicted molar refractivity (Wildman–Crippen MR) is 145 cm³/mol. The first-order valence-electron chi connectivity index (χ1n) is 11.5. The van der Waals surface area contributed by atoms with Crippen molar-refractivity contribution >= 4 is 62.5 Å². The van der Waals surface area contributed by atoms with Gasteiger partial charge in [-0.3, -0.25) is 14.9 Å². The molecule has 4 amide bonds. The zero-order chi connectivity index (χ0) is 26.2. The van der Waals surface area contributed by atoms with E-state index in [2.05, 4.69) is 25.9 Å². The topological polar surface area (TPSA) is 116 Å². The maximum Gasteiger partial charge on any atom is 0.325 e. The SMILES string of the molecule is CC1(C)C(=O)NC(=O)N1CCNc1nccc(-c2cc3cc(NC(=O)c4cccc(Cl)c4)ccc3s2)n1. The summed E-state index contributed by atoms with van der Waals surface area (Å²) in [6.07, 6.45) is 1.67. The smallest absolute Gasteiger partial charge is 0.325 e. The van der Waals surface area contributed by atoms with Gasteiger partial charge in [-0.15, -0.1) is 11.3 Å². The maximum atomic E-state index is 12.6. The average Bonchev–Trinajstić information content (AvgIpc) is 3.37. The van der Waals surface area contributed by atoms with Crippen LogP contribution in [0.2, 0.25) is 5.02 Å². The number of hydrogen-bond donors (Lipinski definition) is 3. The van der Waals surface area contributed by atoms with E-state index >= 15 is 0 Å². The lowest BCUT2D eigenvalue weighted by atomic mass is 10.0. The molecular weight excluding hydrogens is 512 g/mol. The lowest BCUT2D eigenvalue weighted by Gasteiger charge is -2.27. The van der Waals surface area contributed by atoms with Crippen LogP contribution in [0.3, 0.4) is 0 Å². The monoisotopic (exact) mass is 534 g/mol. The molecule has 0 aliphatic carbocycles. The predicted octanol–water partition coefficient (Wildman–Crippen LogP) is 5.01. The van der Waals surface area contributed by atoms with Gasteiger partial charge in [0.05, 0.1) is 10.6 Å². The van der Waals surface area contributed by atoms with Crippen LogP contribution in [-0.2, 0) is 4.79 Å². The number of urea groups is 1. The Morgan fingerprint density at radius 1 is 1.14 bits per heavy atom. The van der Waals surface area contributed by atoms with Crippen LogP contribution in [0, 0.1) is 0 Å². The highest BCUT2D eigenvalue weighted by Crippen LogP contribution is 2.34. The molecule has 3 heterocycles. The van der Waals surface area contributed by atoms with Gasteiger partial charge in [-0.25, -0.2) is 14.8 Å². The van der Waals surface area contributed by atoms with Crippen LogP contribution >= 0.6 is 22.9 Å². The zero-order valence-electron chi connectivity index (χ0n) is 20.0. The highest BCUT2D eigenvalue weighted by Gasteiger charge is 2.45. The lowest BCUT2D eigenvalue weighted by Crippen LogP contribution is -2.46. The Hall–Kier alpha value is -4.02. The van der Waals surface area contributed by atoms with Crippen molar-refractivity contribution in [3.63, 3.8) is 0 Å². The number of aromatic nitrogens is 2. The summed E-state index contributed by atoms with van der Waals surface area (Å²) in [6, 6.07) is 16.0. The van der Waals surface area contributed by atoms with Gasteiger partial charge in [0.15, 0.2) is 0 Å². The standard InChI is InChI=1S/C26H23ClN6O3S/c1-26(2)23(35)32-25(36)33(26)11-10-29-24-28-9-8-19(31-24)21-14-16-13-18(6-7-20(16)37-21)30-22(34)15-4-3-5-17(27)12-15/h3-9,12-14H,10-11H2,1-2H3,(H,30,34)(H,28,29,31)(H,32,35,36). The van der Waals surface area contributed by atoms with E-state index in [-0.39, 0.29) is 11.8 Å². The molecule has 0 saturated carbocycles. The van der Waals surface area contributed by atoms with Gasteiger partial charge in [-0.05, 0) is 67.8 Å². The molecule has 0 bridgehead atoms. The molecule has 5 rings (SSSR count). The van der Waals surface area contributed by atoms with Crippen molar-refractivity contribution < 1.29 is 14.4 Å². The summed E-state index contributed by atoms with van der Waals surface area (Å²) >= 11 is 7.58. The molecule has 37 heavy (non-hydrogen) atoms. The van der Waals surface area contributed by atoms with Crippen molar-refractivity contribution in [2.45, 2.75) is 19.4 Å². The van der Waals surface area contributed by atoms with Crippen LogP contribution in [0.25, 0.3) is 20.7 Å². The third-order valence-corrected chi connectivity index (χ3v) is 7.46. The van der Waals surface area contributed by atoms with Crippen molar-refractivity contribution in [2.75, 3.05) is 23.7 Å². The summed E-state index contributed by atoms with van der Waals surface area (Å²) in [6.45, 7) is 4.13. The van der Waals surface area contributed by atoms with Crippen molar-refractivity contribution in [1.29, 1.82) is 0 Å². The molecule has 0 unspecified atom stereocenters. The van der Waals surface area contributed by atoms with Gasteiger partial charge in [0, 0.05) is 40.3 Å². The molecule has 1 saturated heterocycles. The Morgan fingerprint density at radius 2 is 1.97 bits per heavy atom. The van der Waals surface area contributed by atoms with E-state index in [1.165, 1.54) is 4.90 Å². The molecule has 1 aliphatic rings. The Morgan fingerprint density at radius 3 is 2.73 bits per heavy atom. The molecule has 0 radical (unpaired) electrons. The largest absolute Gasteiger partial charge is 0.352 e. The zero-order valence-corrected chi connectivity index (χ0v) is 21.6. The third-order valence-electron chi connectivity index (χ3n) is 6.08. The Bertz CT molecular complexity index is 1540. The summed E-state index contributed by atoms with van der Waals surface area (Å²) in [4.78, 5) is 47.9. The number of hydrogen-bond acceptors (Lipinski definition) is 7. The van der Waals surface area contributed by atoms with E-state index in [1.807, 2.05) is 30.3 Å². The number of imide groups is 1. The first kappa shape index (κ1) is 24.7. The van der Waals surface area contributed by atoms with Crippen LogP contribution in [0.1, 0.15) is 24.2 Å². The minimum Gasteiger partial charge on any atom is -0.352 e. The van der Waals surface area contributed by atoms with Crippen LogP contribution in [0.4, 0.5) is 16.4 Å². The van der Waals surface area contributed by atoms with Gasteiger partial charge in [-0.1, -0.05) is 17.7 Å². The van der Waals surface area contributed by atoms with Crippen molar-refractivity contribution in [3.8, 4) is 10.6 Å². The number of thiophene rings is 1. The average molecular weight is 535 g/mol. The van der Waals surface area contributed by atoms with Gasteiger partial charge in [0.2, 0.25) is 5.95 Å². The normalized spacial score (nSPS) is 14.6. The summed E-state index contributed by atoms with van der Waals surface area (Å²) in [5.74, 6) is -0.121. The number of carbonyl (C=O) groups is 3. The van der Waals surface area contributed by atoms with Crippen molar-refractivity contribution in [2.24, 2.45) is 0 Å². The quantitative estimate of drug-likeness (QED) is 0.287. The summed E-state index contributed by atoms with van der Waals surface area (Å²) < 4.78 is 1.05. The van der Waals surface area contributed by atoms with Gasteiger partial charge in [-0.2, -0.15) is 0 Å². The molecule has 11 heteroatoms. The molecule has 4 aromatic rings. The van der Waals surface area contributed by atoms with Gasteiger partial charge in [0.1, 0.15) is 5.54 Å². The fraction of sp³-hybridized carbons (Fsp3) is 0.192. The number of rotatable bonds is 7. The van der Waals surface area contributed by atoms with E-state index in [0.29, 0.717) is 35.3 Å². The lowest BCUT2D eigenvalue weighted by molar-refractivity contribution is -0.125. The van der Waals surface area contributed by atoms with Crippen LogP contribution in [0.5, 0.6) is 0 Å². The van der Waals surface area contributed by atoms with E-state index in [0.717, 1.165) is 20.7 Å². The molecule has 3 N–H and O–H groups in total. The fourth-order valence-electron chi connectivity index (χ4n) is 4.02. The number of fused-ring (bicyclic) bond motifs is 1. The molecule has 1 aliphatic heterocycles. The second kappa shape index (κ2) is 9.79. The molecule has 2 aromatic heterocycles. The Balaban J connectivity index is 1.27. The number of carbonyl (C=O) groups excluding carboxylic acids is 3. The molecule has 0 atom stereocenters. The van der Waals surface area contributed by atoms with Crippen molar-refractivity contribution in [1.82, 2.24) is 20.2 Å². The Labute approximate surface area is 221 Å². The first-order valence-corrected chi connectivity index (χ1v) is 12.7. The molecule has 188 valence electrons. The number of nitrogens with zero attached hydrogens (tertiary/aromatic N) is 3. The summed E-state index contributed by atoms with van der Waals surface area (Å²) in [5, 5.41) is 9.86. The van der Waals surface area contributed by atoms with E-state index < -0.39 is 11.6 Å². The molecule has 2 aromatic carbocycles.